The van der Waals surface area contributed by atoms with E-state index in [1.807, 2.05) is 25.1 Å². The van der Waals surface area contributed by atoms with E-state index < -0.39 is 0 Å². The molecular weight excluding hydrogens is 402 g/mol. The van der Waals surface area contributed by atoms with Crippen LogP contribution in [0, 0.1) is 6.92 Å². The number of rotatable bonds is 5. The molecule has 29 heavy (non-hydrogen) atoms. The molecule has 152 valence electrons. The van der Waals surface area contributed by atoms with Gasteiger partial charge in [-0.2, -0.15) is 0 Å². The van der Waals surface area contributed by atoms with Gasteiger partial charge in [-0.05, 0) is 55.7 Å². The first-order valence-electron chi connectivity index (χ1n) is 10.0. The lowest BCUT2D eigenvalue weighted by Gasteiger charge is -2.13. The minimum absolute atomic E-state index is 0.00415. The molecule has 2 aromatic heterocycles. The Kier molecular flexibility index (Phi) is 5.79. The lowest BCUT2D eigenvalue weighted by molar-refractivity contribution is -0.113. The highest BCUT2D eigenvalue weighted by molar-refractivity contribution is 7.99. The van der Waals surface area contributed by atoms with E-state index in [1.165, 1.54) is 28.6 Å². The molecule has 1 N–H and O–H groups in total. The average Bonchev–Trinajstić information content (AvgIpc) is 3.09. The number of amides is 1. The van der Waals surface area contributed by atoms with Crippen LogP contribution < -0.4 is 10.9 Å². The van der Waals surface area contributed by atoms with Crippen molar-refractivity contribution >= 4 is 44.9 Å². The Morgan fingerprint density at radius 2 is 2.10 bits per heavy atom. The van der Waals surface area contributed by atoms with Crippen molar-refractivity contribution in [3.05, 3.63) is 50.1 Å². The van der Waals surface area contributed by atoms with E-state index in [2.05, 4.69) is 12.2 Å². The quantitative estimate of drug-likeness (QED) is 0.482. The number of thioether (sulfide) groups is 1. The monoisotopic (exact) mass is 427 g/mol. The first-order valence-corrected chi connectivity index (χ1v) is 11.8. The van der Waals surface area contributed by atoms with Crippen molar-refractivity contribution in [2.45, 2.75) is 51.1 Å². The van der Waals surface area contributed by atoms with Crippen LogP contribution >= 0.6 is 23.1 Å². The van der Waals surface area contributed by atoms with Crippen molar-refractivity contribution in [2.75, 3.05) is 11.1 Å². The SMILES string of the molecule is CCc1cccc(C)c1NC(=O)CSc1nc2sc3c(c2c(=O)n1C)CCCC3. The molecule has 0 atom stereocenters. The van der Waals surface area contributed by atoms with Gasteiger partial charge in [-0.25, -0.2) is 4.98 Å². The van der Waals surface area contributed by atoms with Crippen LogP contribution in [0.2, 0.25) is 0 Å². The Bertz CT molecular complexity index is 1150. The number of thiophene rings is 1. The molecule has 0 radical (unpaired) electrons. The predicted octanol–water partition coefficient (Wildman–Crippen LogP) is 4.48. The fourth-order valence-electron chi connectivity index (χ4n) is 3.90. The molecule has 1 amide bonds. The molecule has 0 fully saturated rings. The van der Waals surface area contributed by atoms with Crippen molar-refractivity contribution in [2.24, 2.45) is 7.05 Å². The van der Waals surface area contributed by atoms with Gasteiger partial charge in [-0.1, -0.05) is 36.9 Å². The second-order valence-electron chi connectivity index (χ2n) is 7.45. The number of nitrogens with one attached hydrogen (secondary N) is 1. The minimum atomic E-state index is -0.0844. The molecule has 7 heteroatoms. The number of hydrogen-bond acceptors (Lipinski definition) is 5. The third-order valence-corrected chi connectivity index (χ3v) is 7.71. The van der Waals surface area contributed by atoms with Gasteiger partial charge in [0.15, 0.2) is 5.16 Å². The molecule has 0 saturated carbocycles. The van der Waals surface area contributed by atoms with Crippen molar-refractivity contribution in [1.82, 2.24) is 9.55 Å². The normalized spacial score (nSPS) is 13.5. The van der Waals surface area contributed by atoms with Crippen LogP contribution in [0.4, 0.5) is 5.69 Å². The van der Waals surface area contributed by atoms with Crippen molar-refractivity contribution in [3.63, 3.8) is 0 Å². The third kappa shape index (κ3) is 3.85. The molecule has 1 aliphatic carbocycles. The number of fused-ring (bicyclic) bond motifs is 3. The third-order valence-electron chi connectivity index (χ3n) is 5.49. The smallest absolute Gasteiger partial charge is 0.262 e. The van der Waals surface area contributed by atoms with Gasteiger partial charge in [0.25, 0.3) is 5.56 Å². The molecule has 0 aliphatic heterocycles. The van der Waals surface area contributed by atoms with E-state index in [1.54, 1.807) is 23.0 Å². The summed E-state index contributed by atoms with van der Waals surface area (Å²) in [6.45, 7) is 4.08. The maximum Gasteiger partial charge on any atom is 0.262 e. The maximum absolute atomic E-state index is 13.0. The Hall–Kier alpha value is -2.12. The lowest BCUT2D eigenvalue weighted by Crippen LogP contribution is -2.22. The molecule has 0 saturated heterocycles. The largest absolute Gasteiger partial charge is 0.325 e. The van der Waals surface area contributed by atoms with E-state index in [-0.39, 0.29) is 17.2 Å². The van der Waals surface area contributed by atoms with Crippen LogP contribution in [0.25, 0.3) is 10.2 Å². The van der Waals surface area contributed by atoms with Crippen LogP contribution in [0.1, 0.15) is 41.3 Å². The second-order valence-corrected chi connectivity index (χ2v) is 9.48. The second kappa shape index (κ2) is 8.32. The van der Waals surface area contributed by atoms with Crippen LogP contribution in [-0.2, 0) is 31.1 Å². The summed E-state index contributed by atoms with van der Waals surface area (Å²) < 4.78 is 1.59. The summed E-state index contributed by atoms with van der Waals surface area (Å²) in [6.07, 6.45) is 5.19. The van der Waals surface area contributed by atoms with Crippen LogP contribution in [0.5, 0.6) is 0 Å². The topological polar surface area (TPSA) is 64.0 Å². The van der Waals surface area contributed by atoms with E-state index in [0.29, 0.717) is 5.16 Å². The molecule has 0 unspecified atom stereocenters. The van der Waals surface area contributed by atoms with Crippen molar-refractivity contribution < 1.29 is 4.79 Å². The summed E-state index contributed by atoms with van der Waals surface area (Å²) in [5.41, 5.74) is 4.27. The highest BCUT2D eigenvalue weighted by Crippen LogP contribution is 2.34. The predicted molar refractivity (Wildman–Crippen MR) is 121 cm³/mol. The Morgan fingerprint density at radius 3 is 2.90 bits per heavy atom. The maximum atomic E-state index is 13.0. The molecule has 2 heterocycles. The number of hydrogen-bond donors (Lipinski definition) is 1. The minimum Gasteiger partial charge on any atom is -0.325 e. The van der Waals surface area contributed by atoms with Gasteiger partial charge in [0, 0.05) is 17.6 Å². The summed E-state index contributed by atoms with van der Waals surface area (Å²) in [5.74, 6) is 0.132. The Balaban J connectivity index is 1.55. The number of anilines is 1. The summed E-state index contributed by atoms with van der Waals surface area (Å²) in [5, 5.41) is 4.42. The molecule has 1 aromatic carbocycles. The number of carbonyl (C=O) groups is 1. The number of para-hydroxylation sites is 1. The molecule has 0 bridgehead atoms. The van der Waals surface area contributed by atoms with Gasteiger partial charge in [0.2, 0.25) is 5.91 Å². The Labute approximate surface area is 178 Å². The van der Waals surface area contributed by atoms with Gasteiger partial charge in [0.1, 0.15) is 4.83 Å². The van der Waals surface area contributed by atoms with E-state index in [4.69, 9.17) is 4.98 Å². The number of nitrogens with zero attached hydrogens (tertiary/aromatic N) is 2. The zero-order chi connectivity index (χ0) is 20.5. The number of aromatic nitrogens is 2. The molecule has 5 nitrogen and oxygen atoms in total. The summed E-state index contributed by atoms with van der Waals surface area (Å²) in [6, 6.07) is 6.04. The average molecular weight is 428 g/mol. The van der Waals surface area contributed by atoms with E-state index in [9.17, 15) is 9.59 Å². The number of carbonyl (C=O) groups excluding carboxylic acids is 1. The first-order chi connectivity index (χ1) is 14.0. The van der Waals surface area contributed by atoms with Gasteiger partial charge in [-0.15, -0.1) is 11.3 Å². The van der Waals surface area contributed by atoms with Crippen LogP contribution in [-0.4, -0.2) is 21.2 Å². The van der Waals surface area contributed by atoms with Gasteiger partial charge in [0.05, 0.1) is 11.1 Å². The van der Waals surface area contributed by atoms with Crippen molar-refractivity contribution in [3.8, 4) is 0 Å². The highest BCUT2D eigenvalue weighted by Gasteiger charge is 2.21. The Morgan fingerprint density at radius 1 is 1.31 bits per heavy atom. The summed E-state index contributed by atoms with van der Waals surface area (Å²) >= 11 is 2.96. The van der Waals surface area contributed by atoms with Crippen molar-refractivity contribution in [1.29, 1.82) is 0 Å². The number of aryl methyl sites for hydroxylation is 4. The summed E-state index contributed by atoms with van der Waals surface area (Å²) in [7, 11) is 1.75. The zero-order valence-corrected chi connectivity index (χ0v) is 18.6. The van der Waals surface area contributed by atoms with Gasteiger partial charge in [-0.3, -0.25) is 14.2 Å². The molecular formula is C22H25N3O2S2. The molecule has 3 aromatic rings. The van der Waals surface area contributed by atoms with Gasteiger partial charge >= 0.3 is 0 Å². The van der Waals surface area contributed by atoms with Crippen LogP contribution in [0.15, 0.2) is 28.2 Å². The zero-order valence-electron chi connectivity index (χ0n) is 17.0. The lowest BCUT2D eigenvalue weighted by atomic mass is 9.97. The fourth-order valence-corrected chi connectivity index (χ4v) is 5.98. The molecule has 1 aliphatic rings. The van der Waals surface area contributed by atoms with E-state index in [0.717, 1.165) is 52.7 Å². The van der Waals surface area contributed by atoms with E-state index >= 15 is 0 Å². The first kappa shape index (κ1) is 20.2. The highest BCUT2D eigenvalue weighted by atomic mass is 32.2. The molecule has 4 rings (SSSR count). The van der Waals surface area contributed by atoms with Crippen LogP contribution in [0.3, 0.4) is 0 Å². The van der Waals surface area contributed by atoms with Gasteiger partial charge < -0.3 is 5.32 Å². The molecule has 0 spiro atoms. The standard InChI is InChI=1S/C22H25N3O2S2/c1-4-14-9-7-8-13(2)19(14)23-17(26)12-28-22-24-20-18(21(27)25(22)3)15-10-5-6-11-16(15)29-20/h7-9H,4-6,10-12H2,1-3H3,(H,23,26). The summed E-state index contributed by atoms with van der Waals surface area (Å²) in [4.78, 5) is 32.4. The fraction of sp³-hybridized carbons (Fsp3) is 0.409. The number of benzene rings is 1.